The molecule has 182 valence electrons. The van der Waals surface area contributed by atoms with Crippen molar-refractivity contribution in [2.45, 2.75) is 25.9 Å². The number of nitrogens with zero attached hydrogens (tertiary/aromatic N) is 1. The molecule has 0 saturated carbocycles. The van der Waals surface area contributed by atoms with Gasteiger partial charge in [0.05, 0.1) is 30.7 Å². The van der Waals surface area contributed by atoms with E-state index in [0.717, 1.165) is 23.8 Å². The summed E-state index contributed by atoms with van der Waals surface area (Å²) in [4.78, 5) is 11.7. The van der Waals surface area contributed by atoms with Gasteiger partial charge in [0.15, 0.2) is 0 Å². The van der Waals surface area contributed by atoms with Gasteiger partial charge in [-0.1, -0.05) is 54.6 Å². The molecule has 0 bridgehead atoms. The second kappa shape index (κ2) is 14.9. The number of carbonyl (C=O) groups excluding carboxylic acids is 1. The second-order valence-electron chi connectivity index (χ2n) is 7.33. The third-order valence-corrected chi connectivity index (χ3v) is 4.95. The molecule has 0 radical (unpaired) electrons. The van der Waals surface area contributed by atoms with E-state index in [1.54, 1.807) is 31.2 Å². The van der Waals surface area contributed by atoms with Gasteiger partial charge in [0.2, 0.25) is 0 Å². The lowest BCUT2D eigenvalue weighted by atomic mass is 9.97. The zero-order chi connectivity index (χ0) is 25.5. The Morgan fingerprint density at radius 1 is 0.943 bits per heavy atom. The van der Waals surface area contributed by atoms with Crippen molar-refractivity contribution in [1.29, 1.82) is 10.7 Å². The van der Waals surface area contributed by atoms with Crippen LogP contribution in [0.1, 0.15) is 36.0 Å². The van der Waals surface area contributed by atoms with Crippen molar-refractivity contribution < 1.29 is 24.1 Å². The molecule has 35 heavy (non-hydrogen) atoms. The fourth-order valence-corrected chi connectivity index (χ4v) is 3.15. The highest BCUT2D eigenvalue weighted by molar-refractivity contribution is 5.99. The molecular formula is C28H30N2O5. The molecule has 1 unspecified atom stereocenters. The highest BCUT2D eigenvalue weighted by Gasteiger charge is 2.16. The first-order valence-corrected chi connectivity index (χ1v) is 11.2. The smallest absolute Gasteiger partial charge is 0.307 e. The summed E-state index contributed by atoms with van der Waals surface area (Å²) in [6.45, 7) is 2.62. The van der Waals surface area contributed by atoms with Gasteiger partial charge in [-0.2, -0.15) is 5.26 Å². The summed E-state index contributed by atoms with van der Waals surface area (Å²) in [5.41, 5.74) is 2.99. The first kappa shape index (κ1) is 27.1. The molecule has 3 rings (SSSR count). The highest BCUT2D eigenvalue weighted by Crippen LogP contribution is 2.23. The lowest BCUT2D eigenvalue weighted by molar-refractivity contribution is -0.143. The summed E-state index contributed by atoms with van der Waals surface area (Å²) in [7, 11) is 1.00. The van der Waals surface area contributed by atoms with E-state index in [2.05, 4.69) is 6.07 Å². The number of rotatable bonds is 11. The zero-order valence-electron chi connectivity index (χ0n) is 19.9. The molecule has 0 fully saturated rings. The van der Waals surface area contributed by atoms with Crippen LogP contribution in [-0.4, -0.2) is 37.1 Å². The van der Waals surface area contributed by atoms with Crippen LogP contribution in [0.25, 0.3) is 0 Å². The minimum absolute atomic E-state index is 0.0315. The molecule has 0 aromatic heterocycles. The summed E-state index contributed by atoms with van der Waals surface area (Å²) in [5, 5.41) is 24.5. The summed E-state index contributed by atoms with van der Waals surface area (Å²) in [6, 6.07) is 26.4. The third-order valence-electron chi connectivity index (χ3n) is 4.95. The fourth-order valence-electron chi connectivity index (χ4n) is 3.15. The summed E-state index contributed by atoms with van der Waals surface area (Å²) in [5.74, 6) is 0.430. The Morgan fingerprint density at radius 3 is 2.14 bits per heavy atom. The van der Waals surface area contributed by atoms with Crippen molar-refractivity contribution in [1.82, 2.24) is 0 Å². The van der Waals surface area contributed by atoms with Crippen LogP contribution in [0.4, 0.5) is 0 Å². The van der Waals surface area contributed by atoms with Gasteiger partial charge in [-0.15, -0.1) is 0 Å². The van der Waals surface area contributed by atoms with Gasteiger partial charge in [-0.05, 0) is 47.9 Å². The molecule has 0 heterocycles. The lowest BCUT2D eigenvalue weighted by Crippen LogP contribution is -2.11. The van der Waals surface area contributed by atoms with Crippen molar-refractivity contribution >= 4 is 11.7 Å². The number of hydrogen-bond acceptors (Lipinski definition) is 7. The summed E-state index contributed by atoms with van der Waals surface area (Å²) >= 11 is 0. The molecule has 3 aromatic carbocycles. The Labute approximate surface area is 206 Å². The molecule has 0 saturated heterocycles. The third kappa shape index (κ3) is 8.95. The standard InChI is InChI=1S/C27H26N2O4.CH4O/c1-2-31-27(30)16-23(17-28)21-10-14-25(15-11-21)32-18-20-8-12-24(13-9-20)33-19-26(29)22-6-4-3-5-7-22;1-2/h3-15,23,29H,2,16,18-19H2,1H3;2H,1H3. The summed E-state index contributed by atoms with van der Waals surface area (Å²) < 4.78 is 16.5. The maximum Gasteiger partial charge on any atom is 0.307 e. The lowest BCUT2D eigenvalue weighted by Gasteiger charge is -2.11. The van der Waals surface area contributed by atoms with E-state index in [-0.39, 0.29) is 19.0 Å². The van der Waals surface area contributed by atoms with E-state index in [0.29, 0.717) is 30.4 Å². The first-order valence-electron chi connectivity index (χ1n) is 11.2. The van der Waals surface area contributed by atoms with Gasteiger partial charge in [0, 0.05) is 7.11 Å². The topological polar surface area (TPSA) is 113 Å². The SMILES string of the molecule is CCOC(=O)CC(C#N)c1ccc(OCc2ccc(OCC(=N)c3ccccc3)cc2)cc1.CO. The maximum atomic E-state index is 11.7. The van der Waals surface area contributed by atoms with Crippen molar-refractivity contribution in [3.05, 3.63) is 95.6 Å². The van der Waals surface area contributed by atoms with Gasteiger partial charge in [-0.3, -0.25) is 4.79 Å². The first-order chi connectivity index (χ1) is 17.1. The molecule has 3 aromatic rings. The zero-order valence-corrected chi connectivity index (χ0v) is 19.9. The van der Waals surface area contributed by atoms with Crippen LogP contribution < -0.4 is 9.47 Å². The van der Waals surface area contributed by atoms with Gasteiger partial charge in [-0.25, -0.2) is 0 Å². The molecule has 7 nitrogen and oxygen atoms in total. The Bertz CT molecular complexity index is 1090. The monoisotopic (exact) mass is 474 g/mol. The van der Waals surface area contributed by atoms with Crippen LogP contribution in [0, 0.1) is 16.7 Å². The predicted molar refractivity (Wildman–Crippen MR) is 134 cm³/mol. The van der Waals surface area contributed by atoms with Crippen molar-refractivity contribution in [3.63, 3.8) is 0 Å². The molecule has 7 heteroatoms. The number of nitrogens with one attached hydrogen (secondary N) is 1. The Hall–Kier alpha value is -4.15. The van der Waals surface area contributed by atoms with E-state index < -0.39 is 5.92 Å². The van der Waals surface area contributed by atoms with E-state index >= 15 is 0 Å². The number of aliphatic hydroxyl groups excluding tert-OH is 1. The van der Waals surface area contributed by atoms with Gasteiger partial charge >= 0.3 is 5.97 Å². The Morgan fingerprint density at radius 2 is 1.54 bits per heavy atom. The summed E-state index contributed by atoms with van der Waals surface area (Å²) in [6.07, 6.45) is 0.0315. The normalized spacial score (nSPS) is 10.7. The van der Waals surface area contributed by atoms with E-state index in [4.69, 9.17) is 24.7 Å². The van der Waals surface area contributed by atoms with Crippen LogP contribution in [0.2, 0.25) is 0 Å². The molecule has 1 atom stereocenters. The second-order valence-corrected chi connectivity index (χ2v) is 7.33. The van der Waals surface area contributed by atoms with Gasteiger partial charge in [0.1, 0.15) is 24.7 Å². The quantitative estimate of drug-likeness (QED) is 0.302. The van der Waals surface area contributed by atoms with Crippen LogP contribution in [0.5, 0.6) is 11.5 Å². The van der Waals surface area contributed by atoms with Crippen LogP contribution in [-0.2, 0) is 16.1 Å². The minimum Gasteiger partial charge on any atom is -0.489 e. The number of nitriles is 1. The molecule has 0 amide bonds. The van der Waals surface area contributed by atoms with Crippen LogP contribution in [0.3, 0.4) is 0 Å². The highest BCUT2D eigenvalue weighted by atomic mass is 16.5. The predicted octanol–water partition coefficient (Wildman–Crippen LogP) is 4.88. The number of aliphatic hydroxyl groups is 1. The average Bonchev–Trinajstić information content (AvgIpc) is 2.92. The van der Waals surface area contributed by atoms with Crippen LogP contribution in [0.15, 0.2) is 78.9 Å². The minimum atomic E-state index is -0.547. The van der Waals surface area contributed by atoms with Crippen molar-refractivity contribution in [2.24, 2.45) is 0 Å². The van der Waals surface area contributed by atoms with Crippen molar-refractivity contribution in [3.8, 4) is 17.6 Å². The molecule has 0 aliphatic carbocycles. The number of benzene rings is 3. The van der Waals surface area contributed by atoms with E-state index in [9.17, 15) is 10.1 Å². The van der Waals surface area contributed by atoms with E-state index in [1.165, 1.54) is 0 Å². The Balaban J connectivity index is 0.00000210. The molecular weight excluding hydrogens is 444 g/mol. The molecule has 0 spiro atoms. The molecule has 0 aliphatic rings. The molecule has 0 aliphatic heterocycles. The number of hydrogen-bond donors (Lipinski definition) is 2. The largest absolute Gasteiger partial charge is 0.489 e. The maximum absolute atomic E-state index is 11.7. The molecule has 2 N–H and O–H groups in total. The van der Waals surface area contributed by atoms with Gasteiger partial charge < -0.3 is 24.7 Å². The van der Waals surface area contributed by atoms with E-state index in [1.807, 2.05) is 54.6 Å². The van der Waals surface area contributed by atoms with Crippen LogP contribution >= 0.6 is 0 Å². The number of ether oxygens (including phenoxy) is 3. The number of esters is 1. The Kier molecular flexibility index (Phi) is 11.5. The average molecular weight is 475 g/mol. The fraction of sp³-hybridized carbons (Fsp3) is 0.250. The van der Waals surface area contributed by atoms with Crippen molar-refractivity contribution in [2.75, 3.05) is 20.3 Å². The number of carbonyl (C=O) groups is 1. The van der Waals surface area contributed by atoms with Gasteiger partial charge in [0.25, 0.3) is 0 Å².